The number of nitrogens with zero attached hydrogens (tertiary/aromatic N) is 1. The van der Waals surface area contributed by atoms with E-state index in [-0.39, 0.29) is 0 Å². The summed E-state index contributed by atoms with van der Waals surface area (Å²) >= 11 is 6.20. The number of hydrogen-bond acceptors (Lipinski definition) is 4. The van der Waals surface area contributed by atoms with Crippen molar-refractivity contribution < 1.29 is 9.94 Å². The molecule has 0 aliphatic carbocycles. The number of oxime groups is 1. The van der Waals surface area contributed by atoms with Gasteiger partial charge in [-0.2, -0.15) is 0 Å². The standard InChI is InChI=1S/C20H21ClN2O2/c1-13-7-16(9-17(21)8-13)19(2)10-18(23-25-19)14-3-5-15(6-4-14)20(24)11-22-12-20/h3-9,22,24H,10-12H2,1-2H3. The summed E-state index contributed by atoms with van der Waals surface area (Å²) in [5, 5.41) is 18.5. The van der Waals surface area contributed by atoms with Gasteiger partial charge < -0.3 is 15.3 Å². The van der Waals surface area contributed by atoms with Crippen molar-refractivity contribution in [1.82, 2.24) is 5.32 Å². The van der Waals surface area contributed by atoms with Gasteiger partial charge in [0, 0.05) is 24.5 Å². The summed E-state index contributed by atoms with van der Waals surface area (Å²) in [6, 6.07) is 13.9. The van der Waals surface area contributed by atoms with E-state index in [4.69, 9.17) is 16.4 Å². The molecule has 4 rings (SSSR count). The number of halogens is 1. The van der Waals surface area contributed by atoms with Crippen molar-refractivity contribution in [3.05, 3.63) is 69.7 Å². The van der Waals surface area contributed by atoms with E-state index >= 15 is 0 Å². The van der Waals surface area contributed by atoms with E-state index in [1.807, 2.05) is 50.2 Å². The highest BCUT2D eigenvalue weighted by atomic mass is 35.5. The molecular formula is C20H21ClN2O2. The minimum atomic E-state index is -0.737. The predicted octanol–water partition coefficient (Wildman–Crippen LogP) is 3.48. The summed E-state index contributed by atoms with van der Waals surface area (Å²) in [5.74, 6) is 0. The maximum Gasteiger partial charge on any atom is 0.165 e. The first-order chi connectivity index (χ1) is 11.9. The molecule has 0 spiro atoms. The number of β-amino-alcohol motifs (C(OH)–C–C–N with tert-alkyl or cyclic N) is 1. The Morgan fingerprint density at radius 1 is 1.12 bits per heavy atom. The summed E-state index contributed by atoms with van der Waals surface area (Å²) < 4.78 is 0. The number of benzene rings is 2. The lowest BCUT2D eigenvalue weighted by atomic mass is 9.86. The van der Waals surface area contributed by atoms with Gasteiger partial charge in [0.05, 0.1) is 5.71 Å². The Bertz CT molecular complexity index is 823. The average molecular weight is 357 g/mol. The minimum Gasteiger partial charge on any atom is -0.384 e. The van der Waals surface area contributed by atoms with Crippen LogP contribution in [0, 0.1) is 6.92 Å². The molecule has 2 heterocycles. The van der Waals surface area contributed by atoms with Gasteiger partial charge in [-0.15, -0.1) is 0 Å². The van der Waals surface area contributed by atoms with Crippen molar-refractivity contribution in [3.8, 4) is 0 Å². The van der Waals surface area contributed by atoms with Crippen LogP contribution in [0.5, 0.6) is 0 Å². The number of rotatable bonds is 3. The van der Waals surface area contributed by atoms with Crippen molar-refractivity contribution in [3.63, 3.8) is 0 Å². The molecule has 2 aliphatic heterocycles. The summed E-state index contributed by atoms with van der Waals surface area (Å²) in [7, 11) is 0. The molecule has 4 nitrogen and oxygen atoms in total. The number of nitrogens with one attached hydrogen (secondary N) is 1. The van der Waals surface area contributed by atoms with Gasteiger partial charge in [-0.1, -0.05) is 47.1 Å². The molecule has 1 atom stereocenters. The molecule has 1 saturated heterocycles. The molecule has 130 valence electrons. The summed E-state index contributed by atoms with van der Waals surface area (Å²) in [6.07, 6.45) is 0.679. The highest BCUT2D eigenvalue weighted by Gasteiger charge is 2.38. The topological polar surface area (TPSA) is 53.8 Å². The van der Waals surface area contributed by atoms with Gasteiger partial charge in [0.25, 0.3) is 0 Å². The van der Waals surface area contributed by atoms with Gasteiger partial charge >= 0.3 is 0 Å². The SMILES string of the molecule is Cc1cc(Cl)cc(C2(C)CC(c3ccc(C4(O)CNC4)cc3)=NO2)c1. The van der Waals surface area contributed by atoms with Crippen LogP contribution in [-0.4, -0.2) is 23.9 Å². The van der Waals surface area contributed by atoms with Crippen LogP contribution in [0.25, 0.3) is 0 Å². The van der Waals surface area contributed by atoms with Gasteiger partial charge in [-0.3, -0.25) is 0 Å². The van der Waals surface area contributed by atoms with E-state index in [9.17, 15) is 5.11 Å². The van der Waals surface area contributed by atoms with Crippen LogP contribution >= 0.6 is 11.6 Å². The molecule has 25 heavy (non-hydrogen) atoms. The van der Waals surface area contributed by atoms with Crippen LogP contribution < -0.4 is 5.32 Å². The lowest BCUT2D eigenvalue weighted by molar-refractivity contribution is -0.0146. The molecule has 0 saturated carbocycles. The monoisotopic (exact) mass is 356 g/mol. The highest BCUT2D eigenvalue weighted by Crippen LogP contribution is 2.37. The fourth-order valence-corrected chi connectivity index (χ4v) is 3.72. The fourth-order valence-electron chi connectivity index (χ4n) is 3.43. The second-order valence-corrected chi connectivity index (χ2v) is 7.70. The fraction of sp³-hybridized carbons (Fsp3) is 0.350. The van der Waals surface area contributed by atoms with E-state index < -0.39 is 11.2 Å². The quantitative estimate of drug-likeness (QED) is 0.885. The third-order valence-electron chi connectivity index (χ3n) is 5.11. The van der Waals surface area contributed by atoms with Gasteiger partial charge in [0.2, 0.25) is 0 Å². The van der Waals surface area contributed by atoms with Gasteiger partial charge in [0.15, 0.2) is 5.60 Å². The van der Waals surface area contributed by atoms with Crippen LogP contribution in [0.1, 0.15) is 35.6 Å². The zero-order chi connectivity index (χ0) is 17.7. The van der Waals surface area contributed by atoms with Gasteiger partial charge in [-0.05, 0) is 48.2 Å². The van der Waals surface area contributed by atoms with Gasteiger partial charge in [0.1, 0.15) is 5.60 Å². The van der Waals surface area contributed by atoms with Crippen molar-refractivity contribution in [1.29, 1.82) is 0 Å². The van der Waals surface area contributed by atoms with Crippen LogP contribution in [0.15, 0.2) is 47.6 Å². The van der Waals surface area contributed by atoms with Crippen LogP contribution in [0.3, 0.4) is 0 Å². The number of aryl methyl sites for hydroxylation is 1. The first-order valence-corrected chi connectivity index (χ1v) is 8.83. The third-order valence-corrected chi connectivity index (χ3v) is 5.32. The van der Waals surface area contributed by atoms with Crippen LogP contribution in [0.2, 0.25) is 5.02 Å². The zero-order valence-corrected chi connectivity index (χ0v) is 15.1. The van der Waals surface area contributed by atoms with Crippen molar-refractivity contribution in [2.75, 3.05) is 13.1 Å². The average Bonchev–Trinajstić information content (AvgIpc) is 2.96. The second-order valence-electron chi connectivity index (χ2n) is 7.27. The smallest absolute Gasteiger partial charge is 0.165 e. The first kappa shape index (κ1) is 16.6. The number of aliphatic hydroxyl groups is 1. The van der Waals surface area contributed by atoms with E-state index in [1.54, 1.807) is 0 Å². The molecule has 2 N–H and O–H groups in total. The summed E-state index contributed by atoms with van der Waals surface area (Å²) in [4.78, 5) is 5.80. The second kappa shape index (κ2) is 5.84. The first-order valence-electron chi connectivity index (χ1n) is 8.45. The molecule has 0 amide bonds. The lowest BCUT2D eigenvalue weighted by Crippen LogP contribution is -2.56. The minimum absolute atomic E-state index is 0.514. The van der Waals surface area contributed by atoms with E-state index in [0.717, 1.165) is 28.0 Å². The Kier molecular flexibility index (Phi) is 3.87. The van der Waals surface area contributed by atoms with Crippen molar-refractivity contribution in [2.45, 2.75) is 31.5 Å². The highest BCUT2D eigenvalue weighted by molar-refractivity contribution is 6.30. The van der Waals surface area contributed by atoms with Crippen LogP contribution in [-0.2, 0) is 16.0 Å². The third kappa shape index (κ3) is 2.95. The number of hydrogen-bond donors (Lipinski definition) is 2. The van der Waals surface area contributed by atoms with Crippen molar-refractivity contribution >= 4 is 17.3 Å². The summed E-state index contributed by atoms with van der Waals surface area (Å²) in [6.45, 7) is 5.26. The van der Waals surface area contributed by atoms with Crippen LogP contribution in [0.4, 0.5) is 0 Å². The molecule has 5 heteroatoms. The molecule has 2 aliphatic rings. The Morgan fingerprint density at radius 2 is 1.84 bits per heavy atom. The predicted molar refractivity (Wildman–Crippen MR) is 99.0 cm³/mol. The zero-order valence-electron chi connectivity index (χ0n) is 14.3. The molecule has 0 radical (unpaired) electrons. The Morgan fingerprint density at radius 3 is 2.44 bits per heavy atom. The maximum atomic E-state index is 10.4. The van der Waals surface area contributed by atoms with E-state index in [0.29, 0.717) is 24.5 Å². The van der Waals surface area contributed by atoms with Gasteiger partial charge in [-0.25, -0.2) is 0 Å². The van der Waals surface area contributed by atoms with E-state index in [1.165, 1.54) is 0 Å². The molecule has 0 aromatic heterocycles. The normalized spacial score (nSPS) is 24.4. The molecule has 1 unspecified atom stereocenters. The largest absolute Gasteiger partial charge is 0.384 e. The Hall–Kier alpha value is -1.88. The Labute approximate surface area is 152 Å². The Balaban J connectivity index is 1.55. The maximum absolute atomic E-state index is 10.4. The molecule has 1 fully saturated rings. The molecule has 2 aromatic rings. The summed E-state index contributed by atoms with van der Waals surface area (Å²) in [5.41, 5.74) is 3.74. The van der Waals surface area contributed by atoms with E-state index in [2.05, 4.69) is 16.5 Å². The lowest BCUT2D eigenvalue weighted by Gasteiger charge is -2.38. The molecule has 2 aromatic carbocycles. The molecule has 0 bridgehead atoms. The molecular weight excluding hydrogens is 336 g/mol. The van der Waals surface area contributed by atoms with Crippen molar-refractivity contribution in [2.24, 2.45) is 5.16 Å².